The first-order valence-corrected chi connectivity index (χ1v) is 9.81. The summed E-state index contributed by atoms with van der Waals surface area (Å²) in [5.41, 5.74) is 1.19. The van der Waals surface area contributed by atoms with Crippen LogP contribution in [0.3, 0.4) is 0 Å². The van der Waals surface area contributed by atoms with Crippen LogP contribution in [-0.2, 0) is 20.2 Å². The molecule has 1 saturated heterocycles. The third-order valence-electron chi connectivity index (χ3n) is 4.95. The Balaban J connectivity index is 1.85. The molecule has 24 heavy (non-hydrogen) atoms. The van der Waals surface area contributed by atoms with Crippen molar-refractivity contribution >= 4 is 21.6 Å². The Morgan fingerprint density at radius 2 is 1.92 bits per heavy atom. The minimum Gasteiger partial charge on any atom is -0.326 e. The second kappa shape index (κ2) is 6.13. The molecule has 0 saturated carbocycles. The molecule has 3 rings (SSSR count). The lowest BCUT2D eigenvalue weighted by molar-refractivity contribution is -0.117. The van der Waals surface area contributed by atoms with Crippen molar-refractivity contribution in [1.29, 1.82) is 0 Å². The van der Waals surface area contributed by atoms with E-state index in [1.54, 1.807) is 18.2 Å². The van der Waals surface area contributed by atoms with E-state index in [1.807, 2.05) is 20.9 Å². The fraction of sp³-hybridized carbons (Fsp3) is 0.588. The predicted octanol–water partition coefficient (Wildman–Crippen LogP) is 1.68. The van der Waals surface area contributed by atoms with Gasteiger partial charge in [-0.15, -0.1) is 0 Å². The van der Waals surface area contributed by atoms with E-state index in [9.17, 15) is 13.2 Å². The van der Waals surface area contributed by atoms with E-state index in [2.05, 4.69) is 14.9 Å². The Morgan fingerprint density at radius 3 is 2.58 bits per heavy atom. The highest BCUT2D eigenvalue weighted by Crippen LogP contribution is 2.38. The molecule has 1 fully saturated rings. The molecule has 0 aromatic heterocycles. The summed E-state index contributed by atoms with van der Waals surface area (Å²) in [6.45, 7) is 5.73. The zero-order valence-corrected chi connectivity index (χ0v) is 15.2. The number of rotatable bonds is 3. The van der Waals surface area contributed by atoms with Gasteiger partial charge in [0.25, 0.3) is 0 Å². The van der Waals surface area contributed by atoms with E-state index in [4.69, 9.17) is 0 Å². The van der Waals surface area contributed by atoms with Crippen molar-refractivity contribution in [1.82, 2.24) is 9.62 Å². The number of hydrogen-bond donors (Lipinski definition) is 2. The van der Waals surface area contributed by atoms with Crippen LogP contribution in [0.2, 0.25) is 0 Å². The minimum atomic E-state index is -3.56. The molecule has 1 aromatic rings. The normalized spacial score (nSPS) is 22.0. The van der Waals surface area contributed by atoms with Crippen molar-refractivity contribution in [2.45, 2.75) is 49.5 Å². The van der Waals surface area contributed by atoms with Crippen molar-refractivity contribution in [3.8, 4) is 0 Å². The van der Waals surface area contributed by atoms with Crippen LogP contribution < -0.4 is 10.0 Å². The highest BCUT2D eigenvalue weighted by Gasteiger charge is 2.33. The molecule has 2 aliphatic heterocycles. The van der Waals surface area contributed by atoms with Crippen LogP contribution in [-0.4, -0.2) is 45.4 Å². The first-order chi connectivity index (χ1) is 11.2. The first-order valence-electron chi connectivity index (χ1n) is 8.33. The van der Waals surface area contributed by atoms with Gasteiger partial charge in [-0.2, -0.15) is 0 Å². The highest BCUT2D eigenvalue weighted by molar-refractivity contribution is 7.89. The molecule has 132 valence electrons. The van der Waals surface area contributed by atoms with Gasteiger partial charge in [-0.25, -0.2) is 13.1 Å². The van der Waals surface area contributed by atoms with Crippen LogP contribution in [0, 0.1) is 0 Å². The Labute approximate surface area is 143 Å². The maximum atomic E-state index is 12.7. The predicted molar refractivity (Wildman–Crippen MR) is 93.6 cm³/mol. The number of amides is 1. The molecule has 2 heterocycles. The number of sulfonamides is 1. The summed E-state index contributed by atoms with van der Waals surface area (Å²) in [6, 6.07) is 4.94. The molecule has 6 nitrogen and oxygen atoms in total. The summed E-state index contributed by atoms with van der Waals surface area (Å²) in [7, 11) is -1.51. The monoisotopic (exact) mass is 351 g/mol. The minimum absolute atomic E-state index is 0.0186. The van der Waals surface area contributed by atoms with E-state index >= 15 is 0 Å². The molecule has 1 aromatic carbocycles. The molecule has 0 unspecified atom stereocenters. The Kier molecular flexibility index (Phi) is 4.44. The van der Waals surface area contributed by atoms with Crippen molar-refractivity contribution < 1.29 is 13.2 Å². The standard InChI is InChI=1S/C17H25N3O3S/c1-17(2)11-16(21)18-15-5-4-13(10-14(15)17)24(22,23)19-12-6-8-20(3)9-7-12/h4-5,10,12,19H,6-9,11H2,1-3H3,(H,18,21). The summed E-state index contributed by atoms with van der Waals surface area (Å²) < 4.78 is 28.3. The quantitative estimate of drug-likeness (QED) is 0.868. The third kappa shape index (κ3) is 3.48. The van der Waals surface area contributed by atoms with Gasteiger partial charge < -0.3 is 10.2 Å². The lowest BCUT2D eigenvalue weighted by Crippen LogP contribution is -2.43. The number of carbonyl (C=O) groups excluding carboxylic acids is 1. The number of fused-ring (bicyclic) bond motifs is 1. The van der Waals surface area contributed by atoms with Gasteiger partial charge in [0.2, 0.25) is 15.9 Å². The molecule has 0 atom stereocenters. The number of benzene rings is 1. The zero-order chi connectivity index (χ0) is 17.5. The molecule has 1 amide bonds. The van der Waals surface area contributed by atoms with Crippen LogP contribution in [0.1, 0.15) is 38.7 Å². The number of anilines is 1. The van der Waals surface area contributed by atoms with Crippen LogP contribution in [0.5, 0.6) is 0 Å². The highest BCUT2D eigenvalue weighted by atomic mass is 32.2. The number of carbonyl (C=O) groups is 1. The van der Waals surface area contributed by atoms with Crippen molar-refractivity contribution in [2.24, 2.45) is 0 Å². The van der Waals surface area contributed by atoms with Gasteiger partial charge in [-0.3, -0.25) is 4.79 Å². The summed E-state index contributed by atoms with van der Waals surface area (Å²) in [4.78, 5) is 14.2. The maximum absolute atomic E-state index is 12.7. The molecule has 0 bridgehead atoms. The lowest BCUT2D eigenvalue weighted by Gasteiger charge is -2.33. The second-order valence-electron chi connectivity index (χ2n) is 7.52. The SMILES string of the molecule is CN1CCC(NS(=O)(=O)c2ccc3c(c2)C(C)(C)CC(=O)N3)CC1. The fourth-order valence-corrected chi connectivity index (χ4v) is 4.80. The molecule has 2 aliphatic rings. The Hall–Kier alpha value is -1.44. The smallest absolute Gasteiger partial charge is 0.240 e. The topological polar surface area (TPSA) is 78.5 Å². The maximum Gasteiger partial charge on any atom is 0.240 e. The Bertz CT molecular complexity index is 750. The van der Waals surface area contributed by atoms with Crippen molar-refractivity contribution in [2.75, 3.05) is 25.5 Å². The Morgan fingerprint density at radius 1 is 1.25 bits per heavy atom. The van der Waals surface area contributed by atoms with E-state index in [0.717, 1.165) is 31.5 Å². The van der Waals surface area contributed by atoms with E-state index < -0.39 is 10.0 Å². The van der Waals surface area contributed by atoms with E-state index in [0.29, 0.717) is 12.1 Å². The molecule has 0 radical (unpaired) electrons. The van der Waals surface area contributed by atoms with Crippen LogP contribution in [0.25, 0.3) is 0 Å². The molecular weight excluding hydrogens is 326 g/mol. The lowest BCUT2D eigenvalue weighted by atomic mass is 9.78. The van der Waals surface area contributed by atoms with E-state index in [1.165, 1.54) is 0 Å². The fourth-order valence-electron chi connectivity index (χ4n) is 3.46. The van der Waals surface area contributed by atoms with Crippen LogP contribution in [0.4, 0.5) is 5.69 Å². The molecule has 0 spiro atoms. The number of hydrogen-bond acceptors (Lipinski definition) is 4. The van der Waals surface area contributed by atoms with Crippen molar-refractivity contribution in [3.63, 3.8) is 0 Å². The number of nitrogens with one attached hydrogen (secondary N) is 2. The number of likely N-dealkylation sites (tertiary alicyclic amines) is 1. The summed E-state index contributed by atoms with van der Waals surface area (Å²) in [5, 5.41) is 2.82. The summed E-state index contributed by atoms with van der Waals surface area (Å²) in [5.74, 6) is -0.0347. The van der Waals surface area contributed by atoms with Gasteiger partial charge in [0.15, 0.2) is 0 Å². The van der Waals surface area contributed by atoms with Gasteiger partial charge in [0.05, 0.1) is 4.90 Å². The zero-order valence-electron chi connectivity index (χ0n) is 14.4. The van der Waals surface area contributed by atoms with Gasteiger partial charge >= 0.3 is 0 Å². The van der Waals surface area contributed by atoms with Gasteiger partial charge in [0.1, 0.15) is 0 Å². The third-order valence-corrected chi connectivity index (χ3v) is 6.47. The van der Waals surface area contributed by atoms with Gasteiger partial charge in [0, 0.05) is 23.6 Å². The largest absolute Gasteiger partial charge is 0.326 e. The number of nitrogens with zero attached hydrogens (tertiary/aromatic N) is 1. The summed E-state index contributed by atoms with van der Waals surface area (Å²) >= 11 is 0. The molecule has 2 N–H and O–H groups in total. The molecule has 7 heteroatoms. The van der Waals surface area contributed by atoms with Gasteiger partial charge in [-0.05, 0) is 56.7 Å². The van der Waals surface area contributed by atoms with Crippen molar-refractivity contribution in [3.05, 3.63) is 23.8 Å². The van der Waals surface area contributed by atoms with Crippen LogP contribution >= 0.6 is 0 Å². The molecular formula is C17H25N3O3S. The average molecular weight is 351 g/mol. The first kappa shape index (κ1) is 17.4. The average Bonchev–Trinajstić information content (AvgIpc) is 2.48. The summed E-state index contributed by atoms with van der Waals surface area (Å²) in [6.07, 6.45) is 2.00. The molecule has 0 aliphatic carbocycles. The second-order valence-corrected chi connectivity index (χ2v) is 9.23. The number of piperidine rings is 1. The van der Waals surface area contributed by atoms with E-state index in [-0.39, 0.29) is 22.3 Å². The van der Waals surface area contributed by atoms with Gasteiger partial charge in [-0.1, -0.05) is 13.8 Å². The van der Waals surface area contributed by atoms with Crippen LogP contribution in [0.15, 0.2) is 23.1 Å².